The van der Waals surface area contributed by atoms with Gasteiger partial charge in [0, 0.05) is 20.9 Å². The van der Waals surface area contributed by atoms with Gasteiger partial charge in [0.05, 0.1) is 0 Å². The van der Waals surface area contributed by atoms with Gasteiger partial charge in [-0.15, -0.1) is 0 Å². The summed E-state index contributed by atoms with van der Waals surface area (Å²) in [5.74, 6) is 0. The van der Waals surface area contributed by atoms with E-state index in [0.717, 1.165) is 5.56 Å². The van der Waals surface area contributed by atoms with Crippen LogP contribution in [0.15, 0.2) is 174 Å². The van der Waals surface area contributed by atoms with Gasteiger partial charge in [-0.3, -0.25) is 0 Å². The summed E-state index contributed by atoms with van der Waals surface area (Å²) in [7, 11) is -1.31. The van der Waals surface area contributed by atoms with E-state index in [0.29, 0.717) is 0 Å². The van der Waals surface area contributed by atoms with Gasteiger partial charge in [-0.1, -0.05) is 134 Å². The third-order valence-electron chi connectivity index (χ3n) is 10.6. The van der Waals surface area contributed by atoms with Crippen LogP contribution in [0.3, 0.4) is 0 Å². The third kappa shape index (κ3) is 5.09. The molecule has 1 aliphatic carbocycles. The highest BCUT2D eigenvalue weighted by Crippen LogP contribution is 2.62. The summed E-state index contributed by atoms with van der Waals surface area (Å²) in [6, 6.07) is 45.4. The molecule has 0 fully saturated rings. The van der Waals surface area contributed by atoms with Crippen molar-refractivity contribution < 1.29 is 0 Å². The second-order valence-electron chi connectivity index (χ2n) is 13.8. The minimum Gasteiger partial charge on any atom is -0.186 e. The second kappa shape index (κ2) is 12.2. The van der Waals surface area contributed by atoms with E-state index in [-0.39, 0.29) is 0 Å². The van der Waals surface area contributed by atoms with E-state index in [1.54, 1.807) is 0 Å². The lowest BCUT2D eigenvalue weighted by molar-refractivity contribution is 1.41. The van der Waals surface area contributed by atoms with Crippen LogP contribution in [0, 0.1) is 0 Å². The Hall–Kier alpha value is -5.85. The van der Waals surface area contributed by atoms with Gasteiger partial charge in [-0.2, -0.15) is 10.0 Å². The zero-order valence-electron chi connectivity index (χ0n) is 29.2. The van der Waals surface area contributed by atoms with Gasteiger partial charge in [0.25, 0.3) is 0 Å². The SMILES string of the molecule is C=Cc1ccc(-c2ccc3c(-c4ccc5ccccc5c4)c4cc5c(cc4c(-c4ccccc4)c3c2)S(C)(C)C2=C=C5C=CC=C2)cc1/C=C\C. The van der Waals surface area contributed by atoms with E-state index in [4.69, 9.17) is 0 Å². The lowest BCUT2D eigenvalue weighted by Crippen LogP contribution is -2.06. The summed E-state index contributed by atoms with van der Waals surface area (Å²) in [5, 5.41) is 7.57. The predicted molar refractivity (Wildman–Crippen MR) is 226 cm³/mol. The van der Waals surface area contributed by atoms with E-state index in [1.807, 2.05) is 6.08 Å². The molecule has 1 aliphatic heterocycles. The first-order chi connectivity index (χ1) is 24.9. The molecule has 0 spiro atoms. The van der Waals surface area contributed by atoms with Gasteiger partial charge >= 0.3 is 0 Å². The molecule has 9 rings (SSSR count). The Morgan fingerprint density at radius 2 is 1.25 bits per heavy atom. The molecule has 0 unspecified atom stereocenters. The Balaban J connectivity index is 1.44. The first kappa shape index (κ1) is 31.2. The number of hydrogen-bond acceptors (Lipinski definition) is 0. The molecule has 1 heteroatoms. The zero-order valence-corrected chi connectivity index (χ0v) is 30.0. The van der Waals surface area contributed by atoms with E-state index >= 15 is 0 Å². The summed E-state index contributed by atoms with van der Waals surface area (Å²) in [4.78, 5) is 2.72. The van der Waals surface area contributed by atoms with Crippen LogP contribution >= 0.6 is 10.0 Å². The number of benzene rings is 7. The molecule has 2 aliphatic rings. The van der Waals surface area contributed by atoms with Crippen LogP contribution in [-0.4, -0.2) is 12.5 Å². The third-order valence-corrected chi connectivity index (χ3v) is 13.3. The standard InChI is InChI=1S/C50H38S/c1-5-14-36-27-38(23-21-33(36)6-2)39-25-26-43-45(30-39)49(35-16-8-7-9-17-35)47-32-48-44(40-19-12-13-20-42(29-40)51(48,3)4)31-46(47)50(43)41-24-22-34-15-10-11-18-37(34)28-41/h5-28,30-32H,2H2,1,3-4H3/b14-5-. The van der Waals surface area contributed by atoms with Crippen molar-refractivity contribution in [1.29, 1.82) is 0 Å². The molecular weight excluding hydrogens is 633 g/mol. The predicted octanol–water partition coefficient (Wildman–Crippen LogP) is 14.3. The highest BCUT2D eigenvalue weighted by Gasteiger charge is 2.29. The fraction of sp³-hybridized carbons (Fsp3) is 0.0600. The molecule has 0 saturated heterocycles. The molecule has 0 saturated carbocycles. The monoisotopic (exact) mass is 670 g/mol. The lowest BCUT2D eigenvalue weighted by atomic mass is 9.83. The summed E-state index contributed by atoms with van der Waals surface area (Å²) in [6.07, 6.45) is 19.9. The zero-order chi connectivity index (χ0) is 34.7. The van der Waals surface area contributed by atoms with Crippen LogP contribution in [0.4, 0.5) is 0 Å². The first-order valence-corrected chi connectivity index (χ1v) is 20.0. The van der Waals surface area contributed by atoms with Crippen LogP contribution in [0.25, 0.3) is 83.4 Å². The van der Waals surface area contributed by atoms with Crippen LogP contribution in [0.2, 0.25) is 0 Å². The normalized spacial score (nSPS) is 15.1. The summed E-state index contributed by atoms with van der Waals surface area (Å²) < 4.78 is 0. The van der Waals surface area contributed by atoms with Crippen LogP contribution in [-0.2, 0) is 0 Å². The van der Waals surface area contributed by atoms with E-state index in [1.165, 1.54) is 92.2 Å². The minimum absolute atomic E-state index is 1.14. The molecule has 2 bridgehead atoms. The van der Waals surface area contributed by atoms with E-state index in [2.05, 4.69) is 190 Å². The van der Waals surface area contributed by atoms with Gasteiger partial charge in [-0.25, -0.2) is 0 Å². The van der Waals surface area contributed by atoms with Crippen molar-refractivity contribution in [1.82, 2.24) is 0 Å². The Kier molecular flexibility index (Phi) is 7.44. The minimum atomic E-state index is -1.31. The van der Waals surface area contributed by atoms with Gasteiger partial charge in [-0.05, 0) is 139 Å². The molecular formula is C50H38S. The molecule has 244 valence electrons. The van der Waals surface area contributed by atoms with Crippen molar-refractivity contribution >= 4 is 60.1 Å². The maximum absolute atomic E-state index is 4.07. The maximum atomic E-state index is 4.07. The number of rotatable bonds is 5. The average Bonchev–Trinajstić information content (AvgIpc) is 3.41. The number of allylic oxidation sites excluding steroid dienone is 5. The highest BCUT2D eigenvalue weighted by molar-refractivity contribution is 8.36. The fourth-order valence-electron chi connectivity index (χ4n) is 7.98. The van der Waals surface area contributed by atoms with Crippen molar-refractivity contribution in [2.24, 2.45) is 0 Å². The summed E-state index contributed by atoms with van der Waals surface area (Å²) >= 11 is 0. The summed E-state index contributed by atoms with van der Waals surface area (Å²) in [5.41, 5.74) is 16.0. The first-order valence-electron chi connectivity index (χ1n) is 17.6. The fourth-order valence-corrected chi connectivity index (χ4v) is 10.1. The van der Waals surface area contributed by atoms with Crippen molar-refractivity contribution in [2.45, 2.75) is 11.8 Å². The molecule has 0 aromatic heterocycles. The van der Waals surface area contributed by atoms with Crippen molar-refractivity contribution in [3.63, 3.8) is 0 Å². The molecule has 0 amide bonds. The largest absolute Gasteiger partial charge is 0.186 e. The van der Waals surface area contributed by atoms with E-state index in [9.17, 15) is 0 Å². The van der Waals surface area contributed by atoms with Gasteiger partial charge < -0.3 is 0 Å². The average molecular weight is 671 g/mol. The van der Waals surface area contributed by atoms with E-state index < -0.39 is 10.0 Å². The van der Waals surface area contributed by atoms with Gasteiger partial charge in [0.1, 0.15) is 0 Å². The molecule has 0 nitrogen and oxygen atoms in total. The molecule has 0 atom stereocenters. The van der Waals surface area contributed by atoms with Gasteiger partial charge in [0.2, 0.25) is 0 Å². The Morgan fingerprint density at radius 3 is 2.08 bits per heavy atom. The maximum Gasteiger partial charge on any atom is 0.0365 e. The number of hydrogen-bond donors (Lipinski definition) is 0. The number of fused-ring (bicyclic) bond motifs is 5. The van der Waals surface area contributed by atoms with Crippen LogP contribution < -0.4 is 0 Å². The van der Waals surface area contributed by atoms with Gasteiger partial charge in [0.15, 0.2) is 0 Å². The Morgan fingerprint density at radius 1 is 0.569 bits per heavy atom. The second-order valence-corrected chi connectivity index (χ2v) is 17.4. The highest BCUT2D eigenvalue weighted by atomic mass is 32.3. The molecule has 0 N–H and O–H groups in total. The molecule has 7 aromatic rings. The van der Waals surface area contributed by atoms with Crippen molar-refractivity contribution in [3.05, 3.63) is 186 Å². The molecule has 1 heterocycles. The Bertz CT molecular complexity index is 2760. The topological polar surface area (TPSA) is 0 Å². The molecule has 0 radical (unpaired) electrons. The van der Waals surface area contributed by atoms with Crippen molar-refractivity contribution in [2.75, 3.05) is 12.5 Å². The Labute approximate surface area is 302 Å². The lowest BCUT2D eigenvalue weighted by Gasteiger charge is -2.37. The molecule has 51 heavy (non-hydrogen) atoms. The van der Waals surface area contributed by atoms with Crippen LogP contribution in [0.5, 0.6) is 0 Å². The molecule has 7 aromatic carbocycles. The quantitative estimate of drug-likeness (QED) is 0.126. The van der Waals surface area contributed by atoms with Crippen LogP contribution in [0.1, 0.15) is 23.6 Å². The van der Waals surface area contributed by atoms with Crippen molar-refractivity contribution in [3.8, 4) is 33.4 Å². The summed E-state index contributed by atoms with van der Waals surface area (Å²) in [6.45, 7) is 6.13. The smallest absolute Gasteiger partial charge is 0.0365 e.